The van der Waals surface area contributed by atoms with Crippen LogP contribution in [0.15, 0.2) is 0 Å². The predicted molar refractivity (Wildman–Crippen MR) is 71.5 cm³/mol. The molecule has 2 N–H and O–H groups in total. The van der Waals surface area contributed by atoms with Gasteiger partial charge in [0.2, 0.25) is 0 Å². The SMILES string of the molecule is CCOC(=O)C(C)(C)C1CCN(C(N)=S)CC1. The molecule has 98 valence electrons. The number of nitrogens with zero attached hydrogens (tertiary/aromatic N) is 1. The normalized spacial score (nSPS) is 17.9. The fourth-order valence-electron chi connectivity index (χ4n) is 2.31. The number of carbonyl (C=O) groups is 1. The predicted octanol–water partition coefficient (Wildman–Crippen LogP) is 1.53. The van der Waals surface area contributed by atoms with E-state index >= 15 is 0 Å². The molecule has 0 aliphatic carbocycles. The lowest BCUT2D eigenvalue weighted by molar-refractivity contribution is -0.157. The molecule has 1 aliphatic rings. The van der Waals surface area contributed by atoms with Crippen LogP contribution in [0.1, 0.15) is 33.6 Å². The number of likely N-dealkylation sites (tertiary alicyclic amines) is 1. The molecule has 4 nitrogen and oxygen atoms in total. The molecule has 0 bridgehead atoms. The summed E-state index contributed by atoms with van der Waals surface area (Å²) < 4.78 is 5.13. The highest BCUT2D eigenvalue weighted by Crippen LogP contribution is 2.36. The minimum absolute atomic E-state index is 0.103. The van der Waals surface area contributed by atoms with E-state index in [0.29, 0.717) is 17.6 Å². The van der Waals surface area contributed by atoms with Crippen LogP contribution in [0.5, 0.6) is 0 Å². The second kappa shape index (κ2) is 5.67. The number of rotatable bonds is 3. The number of nitrogens with two attached hydrogens (primary N) is 1. The van der Waals surface area contributed by atoms with Gasteiger partial charge in [-0.25, -0.2) is 0 Å². The number of hydrogen-bond acceptors (Lipinski definition) is 3. The van der Waals surface area contributed by atoms with Gasteiger partial charge in [0, 0.05) is 13.1 Å². The molecule has 1 heterocycles. The van der Waals surface area contributed by atoms with Gasteiger partial charge in [-0.15, -0.1) is 0 Å². The van der Waals surface area contributed by atoms with Gasteiger partial charge in [-0.2, -0.15) is 0 Å². The van der Waals surface area contributed by atoms with Gasteiger partial charge in [-0.3, -0.25) is 4.79 Å². The summed E-state index contributed by atoms with van der Waals surface area (Å²) in [7, 11) is 0. The molecule has 0 aromatic carbocycles. The Bertz CT molecular complexity index is 297. The zero-order chi connectivity index (χ0) is 13.1. The average Bonchev–Trinajstić information content (AvgIpc) is 2.29. The van der Waals surface area contributed by atoms with Crippen LogP contribution >= 0.6 is 12.2 Å². The van der Waals surface area contributed by atoms with Crippen LogP contribution in [0.4, 0.5) is 0 Å². The van der Waals surface area contributed by atoms with Crippen molar-refractivity contribution in [2.45, 2.75) is 33.6 Å². The van der Waals surface area contributed by atoms with Crippen LogP contribution in [0.25, 0.3) is 0 Å². The number of esters is 1. The standard InChI is InChI=1S/C12H22N2O2S/c1-4-16-10(15)12(2,3)9-5-7-14(8-6-9)11(13)17/h9H,4-8H2,1-3H3,(H2,13,17). The molecule has 0 radical (unpaired) electrons. The zero-order valence-electron chi connectivity index (χ0n) is 10.9. The first kappa shape index (κ1) is 14.2. The molecule has 5 heteroatoms. The topological polar surface area (TPSA) is 55.6 Å². The van der Waals surface area contributed by atoms with E-state index in [1.165, 1.54) is 0 Å². The molecule has 0 atom stereocenters. The summed E-state index contributed by atoms with van der Waals surface area (Å²) in [5.74, 6) is 0.237. The average molecular weight is 258 g/mol. The number of ether oxygens (including phenoxy) is 1. The summed E-state index contributed by atoms with van der Waals surface area (Å²) in [5, 5.41) is 0.456. The molecule has 1 saturated heterocycles. The van der Waals surface area contributed by atoms with E-state index in [2.05, 4.69) is 0 Å². The fraction of sp³-hybridized carbons (Fsp3) is 0.833. The Hall–Kier alpha value is -0.840. The van der Waals surface area contributed by atoms with E-state index in [1.54, 1.807) is 0 Å². The van der Waals surface area contributed by atoms with E-state index in [4.69, 9.17) is 22.7 Å². The molecule has 0 unspecified atom stereocenters. The highest BCUT2D eigenvalue weighted by molar-refractivity contribution is 7.80. The van der Waals surface area contributed by atoms with Crippen molar-refractivity contribution < 1.29 is 9.53 Å². The third-order valence-electron chi connectivity index (χ3n) is 3.63. The fourth-order valence-corrected chi connectivity index (χ4v) is 2.49. The van der Waals surface area contributed by atoms with Crippen molar-refractivity contribution in [2.75, 3.05) is 19.7 Å². The molecule has 0 amide bonds. The number of carbonyl (C=O) groups excluding carboxylic acids is 1. The van der Waals surface area contributed by atoms with Crippen LogP contribution in [0, 0.1) is 11.3 Å². The third-order valence-corrected chi connectivity index (χ3v) is 3.89. The molecular formula is C12H22N2O2S. The molecule has 1 rings (SSSR count). The Labute approximate surface area is 108 Å². The van der Waals surface area contributed by atoms with E-state index in [0.717, 1.165) is 25.9 Å². The number of thiocarbonyl (C=S) groups is 1. The van der Waals surface area contributed by atoms with Gasteiger partial charge in [0.15, 0.2) is 5.11 Å². The number of piperidine rings is 1. The Morgan fingerprint density at radius 3 is 2.41 bits per heavy atom. The van der Waals surface area contributed by atoms with Crippen LogP contribution in [-0.4, -0.2) is 35.7 Å². The summed E-state index contributed by atoms with van der Waals surface area (Å²) in [6.45, 7) is 7.88. The second-order valence-electron chi connectivity index (χ2n) is 5.04. The summed E-state index contributed by atoms with van der Waals surface area (Å²) >= 11 is 4.95. The summed E-state index contributed by atoms with van der Waals surface area (Å²) in [5.41, 5.74) is 5.18. The zero-order valence-corrected chi connectivity index (χ0v) is 11.7. The molecule has 1 fully saturated rings. The van der Waals surface area contributed by atoms with Gasteiger partial charge in [0.1, 0.15) is 0 Å². The van der Waals surface area contributed by atoms with Crippen LogP contribution in [0.3, 0.4) is 0 Å². The first-order chi connectivity index (χ1) is 7.89. The van der Waals surface area contributed by atoms with Gasteiger partial charge < -0.3 is 15.4 Å². The first-order valence-corrected chi connectivity index (χ1v) is 6.52. The van der Waals surface area contributed by atoms with E-state index < -0.39 is 5.41 Å². The minimum Gasteiger partial charge on any atom is -0.466 e. The van der Waals surface area contributed by atoms with Crippen molar-refractivity contribution in [3.05, 3.63) is 0 Å². The lowest BCUT2D eigenvalue weighted by Crippen LogP contribution is -2.46. The molecule has 0 spiro atoms. The molecule has 0 aromatic heterocycles. The molecular weight excluding hydrogens is 236 g/mol. The largest absolute Gasteiger partial charge is 0.466 e. The van der Waals surface area contributed by atoms with Gasteiger partial charge in [0.25, 0.3) is 0 Å². The second-order valence-corrected chi connectivity index (χ2v) is 5.46. The maximum atomic E-state index is 11.9. The van der Waals surface area contributed by atoms with Gasteiger partial charge >= 0.3 is 5.97 Å². The highest BCUT2D eigenvalue weighted by atomic mass is 32.1. The Morgan fingerprint density at radius 1 is 1.47 bits per heavy atom. The van der Waals surface area contributed by atoms with E-state index in [-0.39, 0.29) is 5.97 Å². The maximum Gasteiger partial charge on any atom is 0.311 e. The van der Waals surface area contributed by atoms with Crippen molar-refractivity contribution >= 4 is 23.3 Å². The van der Waals surface area contributed by atoms with Crippen molar-refractivity contribution in [2.24, 2.45) is 17.1 Å². The molecule has 1 aliphatic heterocycles. The molecule has 0 aromatic rings. The van der Waals surface area contributed by atoms with Gasteiger partial charge in [-0.1, -0.05) is 0 Å². The quantitative estimate of drug-likeness (QED) is 0.614. The summed E-state index contributed by atoms with van der Waals surface area (Å²) in [6, 6.07) is 0. The monoisotopic (exact) mass is 258 g/mol. The Kier molecular flexibility index (Phi) is 4.74. The smallest absolute Gasteiger partial charge is 0.311 e. The Morgan fingerprint density at radius 2 is 2.00 bits per heavy atom. The van der Waals surface area contributed by atoms with Crippen LogP contribution in [-0.2, 0) is 9.53 Å². The van der Waals surface area contributed by atoms with Crippen molar-refractivity contribution in [1.29, 1.82) is 0 Å². The van der Waals surface area contributed by atoms with Gasteiger partial charge in [0.05, 0.1) is 12.0 Å². The molecule has 0 saturated carbocycles. The number of hydrogen-bond donors (Lipinski definition) is 1. The van der Waals surface area contributed by atoms with Crippen molar-refractivity contribution in [1.82, 2.24) is 4.90 Å². The van der Waals surface area contributed by atoms with Crippen molar-refractivity contribution in [3.8, 4) is 0 Å². The lowest BCUT2D eigenvalue weighted by Gasteiger charge is -2.39. The maximum absolute atomic E-state index is 11.9. The summed E-state index contributed by atoms with van der Waals surface area (Å²) in [6.07, 6.45) is 1.87. The van der Waals surface area contributed by atoms with Crippen molar-refractivity contribution in [3.63, 3.8) is 0 Å². The Balaban J connectivity index is 2.58. The van der Waals surface area contributed by atoms with E-state index in [9.17, 15) is 4.79 Å². The summed E-state index contributed by atoms with van der Waals surface area (Å²) in [4.78, 5) is 13.9. The minimum atomic E-state index is -0.418. The highest BCUT2D eigenvalue weighted by Gasteiger charge is 2.39. The first-order valence-electron chi connectivity index (χ1n) is 6.11. The van der Waals surface area contributed by atoms with E-state index in [1.807, 2.05) is 25.7 Å². The van der Waals surface area contributed by atoms with Crippen LogP contribution < -0.4 is 5.73 Å². The van der Waals surface area contributed by atoms with Crippen LogP contribution in [0.2, 0.25) is 0 Å². The third kappa shape index (κ3) is 3.31. The lowest BCUT2D eigenvalue weighted by atomic mass is 9.73. The molecule has 17 heavy (non-hydrogen) atoms. The van der Waals surface area contributed by atoms with Gasteiger partial charge in [-0.05, 0) is 51.7 Å².